The van der Waals surface area contributed by atoms with Crippen LogP contribution in [0.25, 0.3) is 0 Å². The van der Waals surface area contributed by atoms with Crippen LogP contribution in [-0.2, 0) is 14.3 Å². The minimum absolute atomic E-state index is 0.386. The first-order valence-corrected chi connectivity index (χ1v) is 5.36. The van der Waals surface area contributed by atoms with Crippen molar-refractivity contribution in [3.8, 4) is 11.5 Å². The summed E-state index contributed by atoms with van der Waals surface area (Å²) in [5.74, 6) is -0.866. The molecule has 0 saturated carbocycles. The summed E-state index contributed by atoms with van der Waals surface area (Å²) in [5, 5.41) is 12.6. The van der Waals surface area contributed by atoms with E-state index < -0.39 is 18.5 Å². The van der Waals surface area contributed by atoms with Gasteiger partial charge in [0.1, 0.15) is 18.1 Å². The van der Waals surface area contributed by atoms with Crippen LogP contribution in [0.15, 0.2) is 18.2 Å². The normalized spacial score (nSPS) is 9.79. The topological polar surface area (TPSA) is 96.9 Å². The van der Waals surface area contributed by atoms with Crippen LogP contribution in [-0.4, -0.2) is 39.3 Å². The Morgan fingerprint density at radius 2 is 1.95 bits per heavy atom. The van der Waals surface area contributed by atoms with E-state index in [-0.39, 0.29) is 6.61 Å². The Balaban J connectivity index is 2.60. The molecule has 19 heavy (non-hydrogen) atoms. The van der Waals surface area contributed by atoms with Gasteiger partial charge in [0.2, 0.25) is 5.91 Å². The number of benzene rings is 1. The highest BCUT2D eigenvalue weighted by Gasteiger charge is 2.08. The Morgan fingerprint density at radius 1 is 1.21 bits per heavy atom. The average molecular weight is 268 g/mol. The van der Waals surface area contributed by atoms with Gasteiger partial charge in [0.25, 0.3) is 0 Å². The van der Waals surface area contributed by atoms with Crippen molar-refractivity contribution in [2.45, 2.75) is 0 Å². The molecule has 0 saturated heterocycles. The van der Waals surface area contributed by atoms with Crippen LogP contribution < -0.4 is 19.9 Å². The smallest absolute Gasteiger partial charge is 0.250 e. The second-order valence-corrected chi connectivity index (χ2v) is 3.48. The van der Waals surface area contributed by atoms with Crippen molar-refractivity contribution in [1.29, 1.82) is 0 Å². The molecule has 7 nitrogen and oxygen atoms in total. The molecule has 0 unspecified atom stereocenters. The van der Waals surface area contributed by atoms with E-state index in [0.717, 1.165) is 0 Å². The van der Waals surface area contributed by atoms with E-state index in [1.54, 1.807) is 18.2 Å². The SMILES string of the molecule is COc1ccc(NC(=O)COCC(=O)[O-])c(OC)c1. The van der Waals surface area contributed by atoms with E-state index in [1.807, 2.05) is 0 Å². The van der Waals surface area contributed by atoms with Crippen LogP contribution in [0, 0.1) is 0 Å². The van der Waals surface area contributed by atoms with Gasteiger partial charge in [0, 0.05) is 6.07 Å². The minimum atomic E-state index is -1.38. The molecule has 0 fully saturated rings. The van der Waals surface area contributed by atoms with Gasteiger partial charge in [-0.05, 0) is 12.1 Å². The predicted octanol–water partition coefficient (Wildman–Crippen LogP) is -0.591. The molecule has 0 aliphatic rings. The number of hydrogen-bond acceptors (Lipinski definition) is 6. The molecule has 7 heteroatoms. The molecule has 0 aliphatic carbocycles. The quantitative estimate of drug-likeness (QED) is 0.710. The lowest BCUT2D eigenvalue weighted by molar-refractivity contribution is -0.309. The summed E-state index contributed by atoms with van der Waals surface area (Å²) in [6.07, 6.45) is 0. The second kappa shape index (κ2) is 7.22. The van der Waals surface area contributed by atoms with Crippen LogP contribution in [0.4, 0.5) is 5.69 Å². The molecule has 1 N–H and O–H groups in total. The van der Waals surface area contributed by atoms with Gasteiger partial charge in [-0.1, -0.05) is 0 Å². The predicted molar refractivity (Wildman–Crippen MR) is 64.0 cm³/mol. The number of carboxylic acids is 1. The van der Waals surface area contributed by atoms with Crippen molar-refractivity contribution in [1.82, 2.24) is 0 Å². The zero-order valence-electron chi connectivity index (χ0n) is 10.6. The maximum absolute atomic E-state index is 11.5. The Morgan fingerprint density at radius 3 is 2.53 bits per heavy atom. The average Bonchev–Trinajstić information content (AvgIpc) is 2.38. The van der Waals surface area contributed by atoms with Crippen LogP contribution >= 0.6 is 0 Å². The first kappa shape index (κ1) is 14.8. The summed E-state index contributed by atoms with van der Waals surface area (Å²) in [6, 6.07) is 4.87. The van der Waals surface area contributed by atoms with Crippen LogP contribution in [0.1, 0.15) is 0 Å². The summed E-state index contributed by atoms with van der Waals surface area (Å²) in [5.41, 5.74) is 0.436. The third-order valence-corrected chi connectivity index (χ3v) is 2.14. The highest BCUT2D eigenvalue weighted by molar-refractivity contribution is 5.93. The third-order valence-electron chi connectivity index (χ3n) is 2.14. The summed E-state index contributed by atoms with van der Waals surface area (Å²) < 4.78 is 14.7. The number of rotatable bonds is 7. The highest BCUT2D eigenvalue weighted by atomic mass is 16.5. The monoisotopic (exact) mass is 268 g/mol. The standard InChI is InChI=1S/C12H15NO6/c1-17-8-3-4-9(10(5-8)18-2)13-11(14)6-19-7-12(15)16/h3-5H,6-7H2,1-2H3,(H,13,14)(H,15,16)/p-1. The van der Waals surface area contributed by atoms with Gasteiger partial charge >= 0.3 is 0 Å². The van der Waals surface area contributed by atoms with Crippen molar-refractivity contribution < 1.29 is 28.9 Å². The second-order valence-electron chi connectivity index (χ2n) is 3.48. The number of carbonyl (C=O) groups is 2. The highest BCUT2D eigenvalue weighted by Crippen LogP contribution is 2.28. The van der Waals surface area contributed by atoms with Crippen molar-refractivity contribution in [2.24, 2.45) is 0 Å². The number of aliphatic carboxylic acids is 1. The molecule has 0 aromatic heterocycles. The fraction of sp³-hybridized carbons (Fsp3) is 0.333. The van der Waals surface area contributed by atoms with Gasteiger partial charge in [0.05, 0.1) is 32.5 Å². The maximum atomic E-state index is 11.5. The van der Waals surface area contributed by atoms with E-state index in [2.05, 4.69) is 10.1 Å². The van der Waals surface area contributed by atoms with Gasteiger partial charge in [-0.25, -0.2) is 0 Å². The maximum Gasteiger partial charge on any atom is 0.250 e. The van der Waals surface area contributed by atoms with Crippen LogP contribution in [0.2, 0.25) is 0 Å². The molecule has 1 aromatic carbocycles. The van der Waals surface area contributed by atoms with Gasteiger partial charge in [-0.2, -0.15) is 0 Å². The molecule has 0 bridgehead atoms. The molecule has 1 rings (SSSR count). The van der Waals surface area contributed by atoms with Crippen LogP contribution in [0.3, 0.4) is 0 Å². The Labute approximate surface area is 110 Å². The number of methoxy groups -OCH3 is 2. The molecule has 0 atom stereocenters. The van der Waals surface area contributed by atoms with Gasteiger partial charge in [-0.3, -0.25) is 4.79 Å². The van der Waals surface area contributed by atoms with Crippen molar-refractivity contribution >= 4 is 17.6 Å². The number of hydrogen-bond donors (Lipinski definition) is 1. The molecule has 0 spiro atoms. The molecule has 1 amide bonds. The molecule has 104 valence electrons. The van der Waals surface area contributed by atoms with Gasteiger partial charge in [0.15, 0.2) is 0 Å². The third kappa shape index (κ3) is 4.84. The largest absolute Gasteiger partial charge is 0.548 e. The van der Waals surface area contributed by atoms with E-state index in [1.165, 1.54) is 14.2 Å². The van der Waals surface area contributed by atoms with E-state index >= 15 is 0 Å². The number of nitrogens with one attached hydrogen (secondary N) is 1. The number of carbonyl (C=O) groups excluding carboxylic acids is 2. The summed E-state index contributed by atoms with van der Waals surface area (Å²) >= 11 is 0. The fourth-order valence-electron chi connectivity index (χ4n) is 1.32. The Hall–Kier alpha value is -2.28. The zero-order chi connectivity index (χ0) is 14.3. The molecule has 0 radical (unpaired) electrons. The first-order chi connectivity index (χ1) is 9.06. The Kier molecular flexibility index (Phi) is 5.62. The lowest BCUT2D eigenvalue weighted by Gasteiger charge is -2.11. The molecule has 0 aliphatic heterocycles. The summed E-state index contributed by atoms with van der Waals surface area (Å²) in [6.45, 7) is -1.02. The summed E-state index contributed by atoms with van der Waals surface area (Å²) in [4.78, 5) is 21.6. The van der Waals surface area contributed by atoms with Crippen molar-refractivity contribution in [2.75, 3.05) is 32.8 Å². The van der Waals surface area contributed by atoms with E-state index in [4.69, 9.17) is 9.47 Å². The minimum Gasteiger partial charge on any atom is -0.548 e. The Bertz CT molecular complexity index is 460. The number of anilines is 1. The lowest BCUT2D eigenvalue weighted by atomic mass is 10.2. The molecule has 0 heterocycles. The van der Waals surface area contributed by atoms with Gasteiger partial charge < -0.3 is 29.4 Å². The van der Waals surface area contributed by atoms with E-state index in [9.17, 15) is 14.7 Å². The lowest BCUT2D eigenvalue weighted by Crippen LogP contribution is -2.29. The number of carboxylic acid groups (broad SMARTS) is 1. The first-order valence-electron chi connectivity index (χ1n) is 5.36. The fourth-order valence-corrected chi connectivity index (χ4v) is 1.32. The van der Waals surface area contributed by atoms with Gasteiger partial charge in [-0.15, -0.1) is 0 Å². The zero-order valence-corrected chi connectivity index (χ0v) is 10.6. The number of ether oxygens (including phenoxy) is 3. The van der Waals surface area contributed by atoms with Crippen molar-refractivity contribution in [3.63, 3.8) is 0 Å². The summed E-state index contributed by atoms with van der Waals surface area (Å²) in [7, 11) is 2.97. The van der Waals surface area contributed by atoms with Crippen molar-refractivity contribution in [3.05, 3.63) is 18.2 Å². The number of amides is 1. The van der Waals surface area contributed by atoms with Crippen LogP contribution in [0.5, 0.6) is 11.5 Å². The molecule has 1 aromatic rings. The molecular weight excluding hydrogens is 254 g/mol. The molecular formula is C12H14NO6-. The van der Waals surface area contributed by atoms with E-state index in [0.29, 0.717) is 17.2 Å².